The van der Waals surface area contributed by atoms with E-state index in [0.717, 1.165) is 53.9 Å². The van der Waals surface area contributed by atoms with Crippen molar-refractivity contribution in [1.29, 1.82) is 0 Å². The first kappa shape index (κ1) is 16.8. The lowest BCUT2D eigenvalue weighted by Gasteiger charge is -2.28. The number of H-pyrrole nitrogens is 1. The van der Waals surface area contributed by atoms with Crippen LogP contribution in [0.1, 0.15) is 31.4 Å². The van der Waals surface area contributed by atoms with Crippen molar-refractivity contribution in [2.75, 3.05) is 17.2 Å². The van der Waals surface area contributed by atoms with E-state index in [0.29, 0.717) is 24.4 Å². The van der Waals surface area contributed by atoms with Crippen LogP contribution in [-0.4, -0.2) is 37.9 Å². The highest BCUT2D eigenvalue weighted by atomic mass is 16.3. The standard InChI is InChI=1S/C19H24N6O/c1-12-9-18(25-24-12)22-17-10-16-15(3-2-8-20-16)19(23-17)21-14-6-4-13(11-26)5-7-14/h2-3,8-10,13-14,26H,4-7,11H2,1H3,(H3,21,22,23,24,25). The van der Waals surface area contributed by atoms with E-state index in [1.165, 1.54) is 0 Å². The van der Waals surface area contributed by atoms with Crippen LogP contribution in [0.3, 0.4) is 0 Å². The van der Waals surface area contributed by atoms with Gasteiger partial charge in [0.2, 0.25) is 0 Å². The minimum absolute atomic E-state index is 0.292. The summed E-state index contributed by atoms with van der Waals surface area (Å²) in [4.78, 5) is 9.26. The summed E-state index contributed by atoms with van der Waals surface area (Å²) < 4.78 is 0. The molecule has 0 aromatic carbocycles. The van der Waals surface area contributed by atoms with E-state index in [1.54, 1.807) is 6.20 Å². The maximum atomic E-state index is 9.33. The molecule has 7 nitrogen and oxygen atoms in total. The molecule has 0 spiro atoms. The molecule has 0 atom stereocenters. The van der Waals surface area contributed by atoms with Gasteiger partial charge in [-0.3, -0.25) is 10.1 Å². The Morgan fingerprint density at radius 1 is 1.19 bits per heavy atom. The molecule has 7 heteroatoms. The highest BCUT2D eigenvalue weighted by molar-refractivity contribution is 5.91. The molecule has 0 amide bonds. The Hall–Kier alpha value is -2.67. The number of aliphatic hydroxyl groups excluding tert-OH is 1. The van der Waals surface area contributed by atoms with E-state index < -0.39 is 0 Å². The molecule has 0 unspecified atom stereocenters. The van der Waals surface area contributed by atoms with Crippen LogP contribution in [0.2, 0.25) is 0 Å². The van der Waals surface area contributed by atoms with E-state index in [4.69, 9.17) is 4.98 Å². The Morgan fingerprint density at radius 2 is 2.04 bits per heavy atom. The van der Waals surface area contributed by atoms with Gasteiger partial charge in [-0.15, -0.1) is 0 Å². The molecule has 0 aliphatic heterocycles. The van der Waals surface area contributed by atoms with Gasteiger partial charge in [0.05, 0.1) is 5.52 Å². The van der Waals surface area contributed by atoms with Gasteiger partial charge >= 0.3 is 0 Å². The number of hydrogen-bond acceptors (Lipinski definition) is 6. The molecule has 1 saturated carbocycles. The molecule has 136 valence electrons. The zero-order valence-corrected chi connectivity index (χ0v) is 14.9. The second kappa shape index (κ2) is 7.29. The van der Waals surface area contributed by atoms with Crippen molar-refractivity contribution in [3.63, 3.8) is 0 Å². The highest BCUT2D eigenvalue weighted by Crippen LogP contribution is 2.29. The monoisotopic (exact) mass is 352 g/mol. The van der Waals surface area contributed by atoms with Crippen molar-refractivity contribution in [3.05, 3.63) is 36.2 Å². The predicted octanol–water partition coefficient (Wildman–Crippen LogP) is 3.37. The lowest BCUT2D eigenvalue weighted by Crippen LogP contribution is -2.27. The Bertz CT molecular complexity index is 885. The first-order valence-electron chi connectivity index (χ1n) is 9.13. The molecule has 1 aliphatic carbocycles. The average molecular weight is 352 g/mol. The molecular weight excluding hydrogens is 328 g/mol. The van der Waals surface area contributed by atoms with Crippen LogP contribution >= 0.6 is 0 Å². The maximum Gasteiger partial charge on any atom is 0.153 e. The molecule has 1 aliphatic rings. The largest absolute Gasteiger partial charge is 0.396 e. The van der Waals surface area contributed by atoms with E-state index >= 15 is 0 Å². The SMILES string of the molecule is Cc1cc(Nc2cc3ncccc3c(NC3CCC(CO)CC3)n2)n[nH]1. The third-order valence-electron chi connectivity index (χ3n) is 5.01. The van der Waals surface area contributed by atoms with Gasteiger partial charge in [-0.1, -0.05) is 0 Å². The molecule has 3 aromatic rings. The van der Waals surface area contributed by atoms with Crippen LogP contribution in [0.15, 0.2) is 30.5 Å². The van der Waals surface area contributed by atoms with Crippen LogP contribution in [0.25, 0.3) is 10.9 Å². The lowest BCUT2D eigenvalue weighted by atomic mass is 9.86. The topological polar surface area (TPSA) is 98.8 Å². The normalized spacial score (nSPS) is 20.2. The Kier molecular flexibility index (Phi) is 4.71. The van der Waals surface area contributed by atoms with Crippen LogP contribution in [0, 0.1) is 12.8 Å². The zero-order chi connectivity index (χ0) is 17.9. The van der Waals surface area contributed by atoms with E-state index in [2.05, 4.69) is 25.8 Å². The number of anilines is 3. The fraction of sp³-hybridized carbons (Fsp3) is 0.421. The third kappa shape index (κ3) is 3.62. The van der Waals surface area contributed by atoms with Gasteiger partial charge in [-0.2, -0.15) is 5.10 Å². The van der Waals surface area contributed by atoms with Gasteiger partial charge in [0.25, 0.3) is 0 Å². The highest BCUT2D eigenvalue weighted by Gasteiger charge is 2.21. The van der Waals surface area contributed by atoms with Gasteiger partial charge in [-0.25, -0.2) is 4.98 Å². The third-order valence-corrected chi connectivity index (χ3v) is 5.01. The summed E-state index contributed by atoms with van der Waals surface area (Å²) in [6.07, 6.45) is 5.99. The quantitative estimate of drug-likeness (QED) is 0.562. The van der Waals surface area contributed by atoms with Crippen molar-refractivity contribution < 1.29 is 5.11 Å². The van der Waals surface area contributed by atoms with Crippen LogP contribution in [-0.2, 0) is 0 Å². The molecular formula is C19H24N6O. The van der Waals surface area contributed by atoms with E-state index in [-0.39, 0.29) is 0 Å². The van der Waals surface area contributed by atoms with Crippen molar-refractivity contribution in [2.24, 2.45) is 5.92 Å². The van der Waals surface area contributed by atoms with Crippen molar-refractivity contribution in [3.8, 4) is 0 Å². The molecule has 1 fully saturated rings. The summed E-state index contributed by atoms with van der Waals surface area (Å²) in [6.45, 7) is 2.25. The summed E-state index contributed by atoms with van der Waals surface area (Å²) in [7, 11) is 0. The summed E-state index contributed by atoms with van der Waals surface area (Å²) in [6, 6.07) is 8.22. The minimum Gasteiger partial charge on any atom is -0.396 e. The fourth-order valence-electron chi connectivity index (χ4n) is 3.55. The molecule has 3 heterocycles. The van der Waals surface area contributed by atoms with Gasteiger partial charge < -0.3 is 15.7 Å². The van der Waals surface area contributed by atoms with Crippen molar-refractivity contribution in [1.82, 2.24) is 20.2 Å². The number of rotatable bonds is 5. The smallest absolute Gasteiger partial charge is 0.153 e. The fourth-order valence-corrected chi connectivity index (χ4v) is 3.55. The number of pyridine rings is 2. The van der Waals surface area contributed by atoms with Crippen LogP contribution in [0.5, 0.6) is 0 Å². The van der Waals surface area contributed by atoms with Gasteiger partial charge in [-0.05, 0) is 50.7 Å². The van der Waals surface area contributed by atoms with E-state index in [9.17, 15) is 5.11 Å². The zero-order valence-electron chi connectivity index (χ0n) is 14.9. The predicted molar refractivity (Wildman–Crippen MR) is 103 cm³/mol. The first-order chi connectivity index (χ1) is 12.7. The molecule has 0 saturated heterocycles. The van der Waals surface area contributed by atoms with Gasteiger partial charge in [0.1, 0.15) is 11.6 Å². The first-order valence-corrected chi connectivity index (χ1v) is 9.13. The number of aliphatic hydroxyl groups is 1. The molecule has 0 radical (unpaired) electrons. The minimum atomic E-state index is 0.292. The number of nitrogens with one attached hydrogen (secondary N) is 3. The Balaban J connectivity index is 1.60. The van der Waals surface area contributed by atoms with E-state index in [1.807, 2.05) is 31.2 Å². The Labute approximate surface area is 152 Å². The maximum absolute atomic E-state index is 9.33. The number of nitrogens with zero attached hydrogens (tertiary/aromatic N) is 3. The summed E-state index contributed by atoms with van der Waals surface area (Å²) in [5.74, 6) is 2.74. The number of aryl methyl sites for hydroxylation is 1. The van der Waals surface area contributed by atoms with Gasteiger partial charge in [0, 0.05) is 42.1 Å². The van der Waals surface area contributed by atoms with Crippen LogP contribution < -0.4 is 10.6 Å². The van der Waals surface area contributed by atoms with Crippen LogP contribution in [0.4, 0.5) is 17.5 Å². The second-order valence-electron chi connectivity index (χ2n) is 7.03. The lowest BCUT2D eigenvalue weighted by molar-refractivity contribution is 0.186. The molecule has 0 bridgehead atoms. The van der Waals surface area contributed by atoms with Crippen molar-refractivity contribution in [2.45, 2.75) is 38.6 Å². The number of hydrogen-bond donors (Lipinski definition) is 4. The van der Waals surface area contributed by atoms with Gasteiger partial charge in [0.15, 0.2) is 5.82 Å². The second-order valence-corrected chi connectivity index (χ2v) is 7.03. The summed E-state index contributed by atoms with van der Waals surface area (Å²) in [5.41, 5.74) is 1.88. The molecule has 4 N–H and O–H groups in total. The summed E-state index contributed by atoms with van der Waals surface area (Å²) >= 11 is 0. The average Bonchev–Trinajstić information content (AvgIpc) is 3.07. The molecule has 26 heavy (non-hydrogen) atoms. The number of aromatic nitrogens is 4. The molecule has 4 rings (SSSR count). The number of aromatic amines is 1. The Morgan fingerprint density at radius 3 is 2.77 bits per heavy atom. The molecule has 3 aromatic heterocycles. The number of fused-ring (bicyclic) bond motifs is 1. The summed E-state index contributed by atoms with van der Waals surface area (Å²) in [5, 5.41) is 24.3. The van der Waals surface area contributed by atoms with Crippen molar-refractivity contribution >= 4 is 28.4 Å².